The third-order valence-electron chi connectivity index (χ3n) is 3.19. The van der Waals surface area contributed by atoms with Gasteiger partial charge >= 0.3 is 5.97 Å². The van der Waals surface area contributed by atoms with Gasteiger partial charge in [-0.1, -0.05) is 11.6 Å². The smallest absolute Gasteiger partial charge is 0.344 e. The summed E-state index contributed by atoms with van der Waals surface area (Å²) in [6, 6.07) is 11.8. The van der Waals surface area contributed by atoms with Crippen LogP contribution in [0.3, 0.4) is 0 Å². The van der Waals surface area contributed by atoms with Crippen LogP contribution in [-0.2, 0) is 4.79 Å². The van der Waals surface area contributed by atoms with Crippen LogP contribution in [0.1, 0.15) is 6.92 Å². The van der Waals surface area contributed by atoms with Crippen molar-refractivity contribution in [2.45, 2.75) is 13.0 Å². The third kappa shape index (κ3) is 5.06. The number of ether oxygens (including phenoxy) is 2. The Morgan fingerprint density at radius 1 is 1.12 bits per heavy atom. The van der Waals surface area contributed by atoms with Crippen LogP contribution in [-0.4, -0.2) is 56.7 Å². The molecule has 8 heteroatoms. The molecule has 0 amide bonds. The summed E-state index contributed by atoms with van der Waals surface area (Å²) in [5, 5.41) is 9.40. The number of benzene rings is 2. The molecule has 0 aliphatic carbocycles. The molecule has 1 heterocycles. The van der Waals surface area contributed by atoms with Gasteiger partial charge in [-0.15, -0.1) is 0 Å². The molecule has 25 heavy (non-hydrogen) atoms. The summed E-state index contributed by atoms with van der Waals surface area (Å²) in [6.07, 6.45) is 0.598. The van der Waals surface area contributed by atoms with Crippen LogP contribution in [0, 0.1) is 0 Å². The zero-order valence-electron chi connectivity index (χ0n) is 13.6. The summed E-state index contributed by atoms with van der Waals surface area (Å²) in [6.45, 7) is 1.46. The van der Waals surface area contributed by atoms with Crippen molar-refractivity contribution in [3.05, 3.63) is 53.7 Å². The maximum Gasteiger partial charge on any atom is 0.344 e. The van der Waals surface area contributed by atoms with Gasteiger partial charge in [-0.25, -0.2) is 14.8 Å². The first-order valence-electron chi connectivity index (χ1n) is 7.11. The number of aromatic nitrogens is 2. The van der Waals surface area contributed by atoms with Gasteiger partial charge in [-0.05, 0) is 49.4 Å². The number of carboxylic acid groups (broad SMARTS) is 1. The van der Waals surface area contributed by atoms with E-state index in [1.165, 1.54) is 13.1 Å². The van der Waals surface area contributed by atoms with Crippen molar-refractivity contribution >= 4 is 58.2 Å². The first kappa shape index (κ1) is 19.5. The minimum atomic E-state index is -1.03. The van der Waals surface area contributed by atoms with Crippen molar-refractivity contribution in [1.29, 1.82) is 0 Å². The molecule has 0 aliphatic rings. The van der Waals surface area contributed by atoms with Gasteiger partial charge in [0, 0.05) is 34.6 Å². The van der Waals surface area contributed by atoms with Gasteiger partial charge in [0.2, 0.25) is 5.88 Å². The summed E-state index contributed by atoms with van der Waals surface area (Å²) in [5.74, 6) is 0.271. The van der Waals surface area contributed by atoms with E-state index in [0.717, 1.165) is 5.52 Å². The van der Waals surface area contributed by atoms with Crippen LogP contribution in [0.15, 0.2) is 48.7 Å². The number of carboxylic acids is 1. The van der Waals surface area contributed by atoms with Gasteiger partial charge in [0.15, 0.2) is 6.10 Å². The fraction of sp³-hybridized carbons (Fsp3) is 0.118. The molecule has 1 atom stereocenters. The van der Waals surface area contributed by atoms with Gasteiger partial charge in [0.05, 0.1) is 17.2 Å². The fourth-order valence-corrected chi connectivity index (χ4v) is 2.14. The summed E-state index contributed by atoms with van der Waals surface area (Å²) in [7, 11) is 0. The van der Waals surface area contributed by atoms with Crippen LogP contribution in [0.5, 0.6) is 17.4 Å². The molecule has 0 bridgehead atoms. The number of hydrogen-bond acceptors (Lipinski definition) is 5. The van der Waals surface area contributed by atoms with E-state index in [-0.39, 0.29) is 29.6 Å². The van der Waals surface area contributed by atoms with Gasteiger partial charge in [-0.2, -0.15) is 0 Å². The van der Waals surface area contributed by atoms with Crippen molar-refractivity contribution in [2.75, 3.05) is 0 Å². The molecule has 0 fully saturated rings. The number of carbonyl (C=O) groups is 1. The number of fused-ring (bicyclic) bond motifs is 1. The fourth-order valence-electron chi connectivity index (χ4n) is 1.98. The van der Waals surface area contributed by atoms with Crippen LogP contribution < -0.4 is 9.47 Å². The number of halogens is 1. The molecule has 1 N–H and O–H groups in total. The molecule has 0 saturated heterocycles. The van der Waals surface area contributed by atoms with E-state index in [2.05, 4.69) is 9.97 Å². The zero-order chi connectivity index (χ0) is 17.1. The van der Waals surface area contributed by atoms with Gasteiger partial charge < -0.3 is 14.6 Å². The van der Waals surface area contributed by atoms with Crippen molar-refractivity contribution in [3.63, 3.8) is 0 Å². The predicted octanol–water partition coefficient (Wildman–Crippen LogP) is 3.55. The van der Waals surface area contributed by atoms with Crippen molar-refractivity contribution < 1.29 is 19.4 Å². The Bertz CT molecular complexity index is 889. The molecule has 0 aliphatic heterocycles. The average Bonchev–Trinajstić information content (AvgIpc) is 2.56. The van der Waals surface area contributed by atoms with Crippen LogP contribution in [0.2, 0.25) is 5.02 Å². The predicted molar refractivity (Wildman–Crippen MR) is 94.5 cm³/mol. The molecular weight excluding hydrogens is 355 g/mol. The summed E-state index contributed by atoms with van der Waals surface area (Å²) in [5.41, 5.74) is 1.35. The minimum absolute atomic E-state index is 0. The SMILES string of the molecule is C[C@H](Oc1ccc(Oc2cnc3ccc(Cl)cc3n2)cc1)C(=O)O.[Na]. The second-order valence-corrected chi connectivity index (χ2v) is 5.45. The second kappa shape index (κ2) is 8.49. The van der Waals surface area contributed by atoms with E-state index in [9.17, 15) is 4.79 Å². The molecule has 2 aromatic carbocycles. The van der Waals surface area contributed by atoms with E-state index in [0.29, 0.717) is 27.9 Å². The Balaban J connectivity index is 0.00000225. The standard InChI is InChI=1S/C17H13ClN2O4.Na/c1-10(17(21)22)23-12-3-5-13(6-4-12)24-16-9-19-14-7-2-11(18)8-15(14)20-16;/h2-10H,1H3,(H,21,22);/t10-;/m0./s1. The Hall–Kier alpha value is -1.86. The monoisotopic (exact) mass is 367 g/mol. The van der Waals surface area contributed by atoms with Gasteiger partial charge in [0.1, 0.15) is 11.5 Å². The molecule has 123 valence electrons. The minimum Gasteiger partial charge on any atom is -0.479 e. The summed E-state index contributed by atoms with van der Waals surface area (Å²) in [4.78, 5) is 19.4. The number of hydrogen-bond donors (Lipinski definition) is 1. The Morgan fingerprint density at radius 2 is 1.80 bits per heavy atom. The van der Waals surface area contributed by atoms with E-state index >= 15 is 0 Å². The third-order valence-corrected chi connectivity index (χ3v) is 3.42. The molecule has 0 saturated carbocycles. The van der Waals surface area contributed by atoms with Gasteiger partial charge in [0.25, 0.3) is 0 Å². The van der Waals surface area contributed by atoms with E-state index in [1.807, 2.05) is 0 Å². The van der Waals surface area contributed by atoms with Crippen molar-refractivity contribution in [1.82, 2.24) is 9.97 Å². The maximum absolute atomic E-state index is 10.8. The zero-order valence-corrected chi connectivity index (χ0v) is 16.4. The summed E-state index contributed by atoms with van der Waals surface area (Å²) < 4.78 is 10.9. The van der Waals surface area contributed by atoms with Crippen LogP contribution >= 0.6 is 11.6 Å². The first-order valence-corrected chi connectivity index (χ1v) is 7.49. The Morgan fingerprint density at radius 3 is 2.48 bits per heavy atom. The largest absolute Gasteiger partial charge is 0.479 e. The molecule has 3 aromatic rings. The normalized spacial score (nSPS) is 11.4. The maximum atomic E-state index is 10.8. The van der Waals surface area contributed by atoms with Crippen LogP contribution in [0.4, 0.5) is 0 Å². The second-order valence-electron chi connectivity index (χ2n) is 5.01. The van der Waals surface area contributed by atoms with Crippen molar-refractivity contribution in [3.8, 4) is 17.4 Å². The molecule has 6 nitrogen and oxygen atoms in total. The summed E-state index contributed by atoms with van der Waals surface area (Å²) >= 11 is 5.95. The number of nitrogens with zero attached hydrogens (tertiary/aromatic N) is 2. The van der Waals surface area contributed by atoms with Crippen LogP contribution in [0.25, 0.3) is 11.0 Å². The Labute approximate surface area is 171 Å². The first-order chi connectivity index (χ1) is 11.5. The Kier molecular flexibility index (Phi) is 6.61. The van der Waals surface area contributed by atoms with Gasteiger partial charge in [-0.3, -0.25) is 0 Å². The number of rotatable bonds is 5. The molecule has 1 aromatic heterocycles. The van der Waals surface area contributed by atoms with E-state index in [1.54, 1.807) is 42.5 Å². The molecule has 0 unspecified atom stereocenters. The van der Waals surface area contributed by atoms with E-state index in [4.69, 9.17) is 26.2 Å². The molecule has 0 spiro atoms. The van der Waals surface area contributed by atoms with Crippen molar-refractivity contribution in [2.24, 2.45) is 0 Å². The number of aliphatic carboxylic acids is 1. The molecule has 3 rings (SSSR count). The quantitative estimate of drug-likeness (QED) is 0.694. The topological polar surface area (TPSA) is 81.5 Å². The molecular formula is C17H13ClN2NaO4. The molecule has 1 radical (unpaired) electrons. The average molecular weight is 368 g/mol. The van der Waals surface area contributed by atoms with E-state index < -0.39 is 12.1 Å².